The second kappa shape index (κ2) is 5.68. The van der Waals surface area contributed by atoms with E-state index in [0.29, 0.717) is 18.4 Å². The molecule has 19 heavy (non-hydrogen) atoms. The fraction of sp³-hybridized carbons (Fsp3) is 1.00. The van der Waals surface area contributed by atoms with Crippen LogP contribution in [0.1, 0.15) is 51.4 Å². The van der Waals surface area contributed by atoms with Crippen LogP contribution in [-0.2, 0) is 0 Å². The average molecular weight is 271 g/mol. The highest BCUT2D eigenvalue weighted by atomic mass is 16.5. The highest BCUT2D eigenvalue weighted by molar-refractivity contribution is 4.92. The zero-order valence-corrected chi connectivity index (χ0v) is 11.5. The molecule has 5 unspecified atom stereocenters. The first-order chi connectivity index (χ1) is 9.13. The fourth-order valence-corrected chi connectivity index (χ4v) is 4.34. The molecule has 0 radical (unpaired) electrons. The van der Waals surface area contributed by atoms with Gasteiger partial charge in [-0.1, -0.05) is 0 Å². The lowest BCUT2D eigenvalue weighted by Crippen LogP contribution is -2.51. The molecule has 4 heteroatoms. The number of rotatable bonds is 1. The van der Waals surface area contributed by atoms with Gasteiger partial charge in [-0.25, -0.2) is 0 Å². The van der Waals surface area contributed by atoms with Gasteiger partial charge in [-0.2, -0.15) is 0 Å². The molecule has 3 rings (SSSR count). The predicted molar refractivity (Wildman–Crippen MR) is 71.7 cm³/mol. The summed E-state index contributed by atoms with van der Waals surface area (Å²) in [6, 6.07) is 0. The number of aliphatic hydroxyl groups excluding tert-OH is 3. The highest BCUT2D eigenvalue weighted by Gasteiger charge is 2.46. The van der Waals surface area contributed by atoms with E-state index in [1.807, 2.05) is 0 Å². The Bertz CT molecular complexity index is 301. The fourth-order valence-electron chi connectivity index (χ4n) is 4.34. The van der Waals surface area contributed by atoms with Gasteiger partial charge in [-0.15, -0.1) is 0 Å². The first-order valence-corrected chi connectivity index (χ1v) is 7.87. The quantitative estimate of drug-likeness (QED) is 0.616. The van der Waals surface area contributed by atoms with E-state index < -0.39 is 0 Å². The molecule has 2 aliphatic carbocycles. The van der Waals surface area contributed by atoms with Crippen LogP contribution in [0.15, 0.2) is 0 Å². The maximum atomic E-state index is 10.1. The Morgan fingerprint density at radius 3 is 2.16 bits per heavy atom. The maximum Gasteiger partial charge on any atom is 0.162 e. The van der Waals surface area contributed by atoms with Gasteiger partial charge in [0.2, 0.25) is 0 Å². The molecule has 3 fully saturated rings. The van der Waals surface area contributed by atoms with Gasteiger partial charge in [-0.05, 0) is 32.1 Å². The predicted octanol–water partition coefficient (Wildman–Crippen LogP) is 0.728. The molecule has 4 N–H and O–H groups in total. The van der Waals surface area contributed by atoms with Crippen LogP contribution in [0.25, 0.3) is 0 Å². The summed E-state index contributed by atoms with van der Waals surface area (Å²) >= 11 is 0. The molecule has 1 saturated heterocycles. The molecule has 1 heterocycles. The van der Waals surface area contributed by atoms with Crippen molar-refractivity contribution in [1.29, 1.82) is 0 Å². The van der Waals surface area contributed by atoms with E-state index in [-0.39, 0.29) is 30.3 Å². The second-order valence-corrected chi connectivity index (χ2v) is 6.79. The number of hydrogen-bond donors (Lipinski definition) is 3. The molecule has 0 aromatic rings. The van der Waals surface area contributed by atoms with E-state index in [1.165, 1.54) is 0 Å². The molecule has 1 aliphatic heterocycles. The van der Waals surface area contributed by atoms with E-state index >= 15 is 0 Å². The Hall–Kier alpha value is -0.160. The van der Waals surface area contributed by atoms with E-state index in [4.69, 9.17) is 4.74 Å². The number of aliphatic hydroxyl groups is 5. The Kier molecular flexibility index (Phi) is 4.13. The summed E-state index contributed by atoms with van der Waals surface area (Å²) in [5, 5.41) is 29.4. The van der Waals surface area contributed by atoms with Crippen LogP contribution in [0.3, 0.4) is 0 Å². The van der Waals surface area contributed by atoms with Gasteiger partial charge < -0.3 is 20.1 Å². The first kappa shape index (κ1) is 13.8. The molecule has 2 saturated carbocycles. The summed E-state index contributed by atoms with van der Waals surface area (Å²) in [7, 11) is 0. The smallest absolute Gasteiger partial charge is 0.162 e. The van der Waals surface area contributed by atoms with Gasteiger partial charge in [0, 0.05) is 25.2 Å². The highest BCUT2D eigenvalue weighted by Crippen LogP contribution is 2.39. The van der Waals surface area contributed by atoms with Gasteiger partial charge in [0.25, 0.3) is 0 Å². The van der Waals surface area contributed by atoms with Gasteiger partial charge in [-0.3, -0.25) is 0 Å². The first-order valence-electron chi connectivity index (χ1n) is 7.87. The van der Waals surface area contributed by atoms with Crippen molar-refractivity contribution in [3.63, 3.8) is 0 Å². The summed E-state index contributed by atoms with van der Waals surface area (Å²) in [5.74, 6) is 0.884. The molecule has 0 amide bonds. The topological polar surface area (TPSA) is 73.5 Å². The normalized spacial score (nSPS) is 51.6. The molecular formula is C15H27O4+. The zero-order valence-electron chi connectivity index (χ0n) is 11.5. The standard InChI is InChI=1S/C15H26O4/c16-10-3-1-9(2-4-10)14-6-5-12-13(18)7-11(17)8-15(12)19-14/h9-18H,1-8H2/p+1. The summed E-state index contributed by atoms with van der Waals surface area (Å²) in [6.07, 6.45) is 7.06. The van der Waals surface area contributed by atoms with E-state index in [9.17, 15) is 15.3 Å². The second-order valence-electron chi connectivity index (χ2n) is 6.79. The zero-order chi connectivity index (χ0) is 13.4. The minimum absolute atomic E-state index is 0.106. The van der Waals surface area contributed by atoms with Crippen molar-refractivity contribution >= 4 is 0 Å². The van der Waals surface area contributed by atoms with Crippen LogP contribution in [0, 0.1) is 11.8 Å². The average Bonchev–Trinajstić information content (AvgIpc) is 2.38. The van der Waals surface area contributed by atoms with E-state index in [2.05, 4.69) is 0 Å². The summed E-state index contributed by atoms with van der Waals surface area (Å²) in [6.45, 7) is 0. The van der Waals surface area contributed by atoms with E-state index in [0.717, 1.165) is 44.9 Å². The van der Waals surface area contributed by atoms with Gasteiger partial charge in [0.15, 0.2) is 12.2 Å². The molecule has 110 valence electrons. The van der Waals surface area contributed by atoms with Gasteiger partial charge in [0.05, 0.1) is 24.2 Å². The number of ether oxygens (including phenoxy) is 1. The van der Waals surface area contributed by atoms with Crippen LogP contribution in [0.4, 0.5) is 0 Å². The van der Waals surface area contributed by atoms with Gasteiger partial charge in [0.1, 0.15) is 0 Å². The third kappa shape index (κ3) is 2.97. The van der Waals surface area contributed by atoms with Crippen molar-refractivity contribution in [1.82, 2.24) is 0 Å². The van der Waals surface area contributed by atoms with Crippen LogP contribution < -0.4 is 0 Å². The molecule has 0 spiro atoms. The van der Waals surface area contributed by atoms with E-state index in [1.54, 1.807) is 0 Å². The third-order valence-electron chi connectivity index (χ3n) is 5.48. The largest absolute Gasteiger partial charge is 0.429 e. The summed E-state index contributed by atoms with van der Waals surface area (Å²) < 4.78 is 4.95. The lowest BCUT2D eigenvalue weighted by atomic mass is 9.74. The summed E-state index contributed by atoms with van der Waals surface area (Å²) in [4.78, 5) is 0. The van der Waals surface area contributed by atoms with Crippen molar-refractivity contribution in [2.24, 2.45) is 11.8 Å². The Labute approximate surface area is 114 Å². The number of fused-ring (bicyclic) bond motifs is 1. The Morgan fingerprint density at radius 2 is 1.42 bits per heavy atom. The van der Waals surface area contributed by atoms with Crippen molar-refractivity contribution < 1.29 is 20.1 Å². The SMILES string of the molecule is OC1CCC(C2CCC3C(O)CC(O)CC3[OH+]2)CC1. The lowest BCUT2D eigenvalue weighted by Gasteiger charge is -2.43. The Morgan fingerprint density at radius 1 is 0.684 bits per heavy atom. The monoisotopic (exact) mass is 271 g/mol. The van der Waals surface area contributed by atoms with Crippen molar-refractivity contribution in [3.05, 3.63) is 0 Å². The Balaban J connectivity index is 1.59. The van der Waals surface area contributed by atoms with Crippen LogP contribution >= 0.6 is 0 Å². The number of hydrogen-bond acceptors (Lipinski definition) is 3. The van der Waals surface area contributed by atoms with Crippen LogP contribution in [-0.4, -0.2) is 50.6 Å². The maximum absolute atomic E-state index is 10.1. The van der Waals surface area contributed by atoms with Crippen LogP contribution in [0.2, 0.25) is 0 Å². The minimum Gasteiger partial charge on any atom is -0.429 e. The minimum atomic E-state index is -0.382. The van der Waals surface area contributed by atoms with Gasteiger partial charge >= 0.3 is 0 Å². The lowest BCUT2D eigenvalue weighted by molar-refractivity contribution is -0.264. The molecule has 5 atom stereocenters. The molecule has 3 aliphatic rings. The summed E-state index contributed by atoms with van der Waals surface area (Å²) in [5.41, 5.74) is 0. The molecule has 4 nitrogen and oxygen atoms in total. The van der Waals surface area contributed by atoms with Crippen molar-refractivity contribution in [3.8, 4) is 0 Å². The van der Waals surface area contributed by atoms with Crippen LogP contribution in [0.5, 0.6) is 0 Å². The molecule has 0 aromatic heterocycles. The molecule has 0 aromatic carbocycles. The third-order valence-corrected chi connectivity index (χ3v) is 5.48. The molecule has 0 bridgehead atoms. The molecular weight excluding hydrogens is 244 g/mol. The van der Waals surface area contributed by atoms with Crippen molar-refractivity contribution in [2.75, 3.05) is 0 Å². The van der Waals surface area contributed by atoms with Crippen molar-refractivity contribution in [2.45, 2.75) is 81.9 Å².